The van der Waals surface area contributed by atoms with E-state index in [0.717, 1.165) is 16.9 Å². The second kappa shape index (κ2) is 7.20. The van der Waals surface area contributed by atoms with Crippen molar-refractivity contribution in [2.75, 3.05) is 7.11 Å². The highest BCUT2D eigenvalue weighted by molar-refractivity contribution is 5.29. The molecule has 1 aromatic carbocycles. The second-order valence-electron chi connectivity index (χ2n) is 5.18. The molecule has 3 atom stereocenters. The number of rotatable bonds is 6. The van der Waals surface area contributed by atoms with Gasteiger partial charge in [0.05, 0.1) is 13.2 Å². The van der Waals surface area contributed by atoms with Crippen molar-refractivity contribution in [3.8, 4) is 5.75 Å². The topological polar surface area (TPSA) is 54.4 Å². The maximum Gasteiger partial charge on any atom is 0.118 e. The predicted molar refractivity (Wildman–Crippen MR) is 83.2 cm³/mol. The van der Waals surface area contributed by atoms with Crippen LogP contribution >= 0.6 is 0 Å². The molecule has 0 aliphatic heterocycles. The van der Waals surface area contributed by atoms with Gasteiger partial charge in [-0.15, -0.1) is 0 Å². The van der Waals surface area contributed by atoms with Crippen LogP contribution in [0.4, 0.5) is 0 Å². The average Bonchev–Trinajstić information content (AvgIpc) is 2.55. The van der Waals surface area contributed by atoms with Gasteiger partial charge in [-0.25, -0.2) is 0 Å². The van der Waals surface area contributed by atoms with Crippen LogP contribution in [0.3, 0.4) is 0 Å². The van der Waals surface area contributed by atoms with E-state index in [-0.39, 0.29) is 12.1 Å². The lowest BCUT2D eigenvalue weighted by molar-refractivity contribution is 0.130. The Morgan fingerprint density at radius 3 is 2.38 bits per heavy atom. The number of nitrogens with zero attached hydrogens (tertiary/aromatic N) is 1. The maximum atomic E-state index is 10.4. The summed E-state index contributed by atoms with van der Waals surface area (Å²) >= 11 is 0. The molecule has 0 unspecified atom stereocenters. The molecule has 0 fully saturated rings. The molecule has 4 heteroatoms. The van der Waals surface area contributed by atoms with E-state index in [1.807, 2.05) is 49.5 Å². The first kappa shape index (κ1) is 15.5. The van der Waals surface area contributed by atoms with Crippen molar-refractivity contribution in [2.24, 2.45) is 0 Å². The number of aliphatic hydroxyl groups is 1. The minimum atomic E-state index is -0.574. The van der Waals surface area contributed by atoms with Crippen molar-refractivity contribution in [3.63, 3.8) is 0 Å². The van der Waals surface area contributed by atoms with E-state index in [2.05, 4.69) is 17.2 Å². The van der Waals surface area contributed by atoms with Gasteiger partial charge in [0.1, 0.15) is 5.75 Å². The molecule has 0 amide bonds. The number of pyridine rings is 1. The normalized spacial score (nSPS) is 15.2. The summed E-state index contributed by atoms with van der Waals surface area (Å²) in [5.74, 6) is 0.787. The number of methoxy groups -OCH3 is 1. The van der Waals surface area contributed by atoms with Crippen LogP contribution in [-0.4, -0.2) is 23.2 Å². The molecule has 2 rings (SSSR count). The Bertz CT molecular complexity index is 542. The van der Waals surface area contributed by atoms with Crippen LogP contribution in [0.15, 0.2) is 48.8 Å². The fraction of sp³-hybridized carbons (Fsp3) is 0.353. The molecule has 0 bridgehead atoms. The third kappa shape index (κ3) is 4.03. The lowest BCUT2D eigenvalue weighted by Gasteiger charge is -2.25. The third-order valence-electron chi connectivity index (χ3n) is 3.63. The van der Waals surface area contributed by atoms with Crippen molar-refractivity contribution >= 4 is 0 Å². The van der Waals surface area contributed by atoms with Crippen LogP contribution in [-0.2, 0) is 0 Å². The monoisotopic (exact) mass is 286 g/mol. The van der Waals surface area contributed by atoms with Crippen molar-refractivity contribution in [3.05, 3.63) is 59.9 Å². The molecule has 1 heterocycles. The van der Waals surface area contributed by atoms with E-state index in [1.165, 1.54) is 0 Å². The molecule has 0 aliphatic rings. The van der Waals surface area contributed by atoms with Crippen LogP contribution in [0.1, 0.15) is 37.1 Å². The van der Waals surface area contributed by atoms with Crippen LogP contribution in [0.5, 0.6) is 5.75 Å². The smallest absolute Gasteiger partial charge is 0.118 e. The SMILES string of the molecule is COc1ccc([C@H](O)[C@H](C)N[C@@H](C)c2cccnc2)cc1. The molecule has 0 spiro atoms. The molecule has 0 radical (unpaired) electrons. The number of hydrogen-bond acceptors (Lipinski definition) is 4. The fourth-order valence-electron chi connectivity index (χ4n) is 2.30. The molecule has 0 saturated heterocycles. The van der Waals surface area contributed by atoms with Gasteiger partial charge in [0, 0.05) is 24.5 Å². The summed E-state index contributed by atoms with van der Waals surface area (Å²) in [6.07, 6.45) is 3.02. The van der Waals surface area contributed by atoms with E-state index in [0.29, 0.717) is 0 Å². The summed E-state index contributed by atoms with van der Waals surface area (Å²) in [6.45, 7) is 4.04. The van der Waals surface area contributed by atoms with Gasteiger partial charge in [-0.2, -0.15) is 0 Å². The number of aliphatic hydroxyl groups excluding tert-OH is 1. The molecule has 0 saturated carbocycles. The average molecular weight is 286 g/mol. The van der Waals surface area contributed by atoms with E-state index in [9.17, 15) is 5.11 Å². The van der Waals surface area contributed by atoms with Crippen LogP contribution in [0.25, 0.3) is 0 Å². The lowest BCUT2D eigenvalue weighted by Crippen LogP contribution is -2.34. The Balaban J connectivity index is 2.00. The number of hydrogen-bond donors (Lipinski definition) is 2. The van der Waals surface area contributed by atoms with Gasteiger partial charge in [-0.3, -0.25) is 4.98 Å². The number of benzene rings is 1. The highest BCUT2D eigenvalue weighted by atomic mass is 16.5. The maximum absolute atomic E-state index is 10.4. The summed E-state index contributed by atoms with van der Waals surface area (Å²) in [5.41, 5.74) is 1.97. The second-order valence-corrected chi connectivity index (χ2v) is 5.18. The van der Waals surface area contributed by atoms with Crippen molar-refractivity contribution in [2.45, 2.75) is 32.0 Å². The molecular weight excluding hydrogens is 264 g/mol. The summed E-state index contributed by atoms with van der Waals surface area (Å²) in [4.78, 5) is 4.12. The minimum Gasteiger partial charge on any atom is -0.497 e. The van der Waals surface area contributed by atoms with Crippen molar-refractivity contribution in [1.29, 1.82) is 0 Å². The molecule has 0 aliphatic carbocycles. The Morgan fingerprint density at radius 1 is 1.10 bits per heavy atom. The zero-order valence-electron chi connectivity index (χ0n) is 12.7. The van der Waals surface area contributed by atoms with E-state index in [4.69, 9.17) is 4.74 Å². The molecule has 2 aromatic rings. The van der Waals surface area contributed by atoms with E-state index < -0.39 is 6.10 Å². The first-order chi connectivity index (χ1) is 10.1. The number of ether oxygens (including phenoxy) is 1. The van der Waals surface area contributed by atoms with Crippen molar-refractivity contribution < 1.29 is 9.84 Å². The Hall–Kier alpha value is -1.91. The summed E-state index contributed by atoms with van der Waals surface area (Å²) in [6, 6.07) is 11.5. The molecule has 2 N–H and O–H groups in total. The summed E-state index contributed by atoms with van der Waals surface area (Å²) in [7, 11) is 1.63. The summed E-state index contributed by atoms with van der Waals surface area (Å²) < 4.78 is 5.13. The summed E-state index contributed by atoms with van der Waals surface area (Å²) in [5, 5.41) is 13.8. The van der Waals surface area contributed by atoms with Gasteiger partial charge >= 0.3 is 0 Å². The molecule has 1 aromatic heterocycles. The zero-order chi connectivity index (χ0) is 15.2. The van der Waals surface area contributed by atoms with E-state index in [1.54, 1.807) is 13.3 Å². The Morgan fingerprint density at radius 2 is 1.81 bits per heavy atom. The van der Waals surface area contributed by atoms with Gasteiger partial charge in [-0.05, 0) is 43.2 Å². The first-order valence-corrected chi connectivity index (χ1v) is 7.10. The van der Waals surface area contributed by atoms with Gasteiger partial charge < -0.3 is 15.2 Å². The molecule has 21 heavy (non-hydrogen) atoms. The highest BCUT2D eigenvalue weighted by Crippen LogP contribution is 2.22. The standard InChI is InChI=1S/C17H22N2O2/c1-12(15-5-4-10-18-11-15)19-13(2)17(20)14-6-8-16(21-3)9-7-14/h4-13,17,19-20H,1-3H3/t12-,13-,17+/m0/s1. The third-order valence-corrected chi connectivity index (χ3v) is 3.63. The quantitative estimate of drug-likeness (QED) is 0.857. The van der Waals surface area contributed by atoms with E-state index >= 15 is 0 Å². The molecule has 4 nitrogen and oxygen atoms in total. The predicted octanol–water partition coefficient (Wildman–Crippen LogP) is 2.86. The zero-order valence-corrected chi connectivity index (χ0v) is 12.7. The van der Waals surface area contributed by atoms with Crippen molar-refractivity contribution in [1.82, 2.24) is 10.3 Å². The Labute approximate surface area is 125 Å². The van der Waals surface area contributed by atoms with Crippen LogP contribution in [0, 0.1) is 0 Å². The number of nitrogens with one attached hydrogen (secondary N) is 1. The van der Waals surface area contributed by atoms with Gasteiger partial charge in [-0.1, -0.05) is 18.2 Å². The first-order valence-electron chi connectivity index (χ1n) is 7.10. The van der Waals surface area contributed by atoms with Gasteiger partial charge in [0.25, 0.3) is 0 Å². The van der Waals surface area contributed by atoms with Crippen LogP contribution in [0.2, 0.25) is 0 Å². The minimum absolute atomic E-state index is 0.0754. The largest absolute Gasteiger partial charge is 0.497 e. The Kier molecular flexibility index (Phi) is 5.31. The lowest BCUT2D eigenvalue weighted by atomic mass is 10.0. The molecule has 112 valence electrons. The highest BCUT2D eigenvalue weighted by Gasteiger charge is 2.18. The van der Waals surface area contributed by atoms with Gasteiger partial charge in [0.15, 0.2) is 0 Å². The van der Waals surface area contributed by atoms with Gasteiger partial charge in [0.2, 0.25) is 0 Å². The molecular formula is C17H22N2O2. The number of aromatic nitrogens is 1. The fourth-order valence-corrected chi connectivity index (χ4v) is 2.30. The van der Waals surface area contributed by atoms with Crippen LogP contribution < -0.4 is 10.1 Å².